The van der Waals surface area contributed by atoms with E-state index >= 15 is 0 Å². The fourth-order valence-corrected chi connectivity index (χ4v) is 3.93. The molecule has 0 amide bonds. The third kappa shape index (κ3) is 7.15. The molecule has 0 spiro atoms. The average molecular weight is 547 g/mol. The summed E-state index contributed by atoms with van der Waals surface area (Å²) in [6.45, 7) is 2.93. The zero-order valence-electron chi connectivity index (χ0n) is 20.4. The first-order valence-corrected chi connectivity index (χ1v) is 11.4. The molecule has 0 aromatic heterocycles. The summed E-state index contributed by atoms with van der Waals surface area (Å²) in [5, 5.41) is 11.9. The predicted octanol–water partition coefficient (Wildman–Crippen LogP) is 7.46. The summed E-state index contributed by atoms with van der Waals surface area (Å²) < 4.78 is 111. The molecule has 1 unspecified atom stereocenters. The Kier molecular flexibility index (Phi) is 8.60. The highest BCUT2D eigenvalue weighted by Crippen LogP contribution is 2.44. The maximum Gasteiger partial charge on any atom is 0.458 e. The van der Waals surface area contributed by atoms with Crippen molar-refractivity contribution in [3.63, 3.8) is 0 Å². The second-order valence-electron chi connectivity index (χ2n) is 8.95. The second kappa shape index (κ2) is 11.2. The fourth-order valence-electron chi connectivity index (χ4n) is 3.93. The van der Waals surface area contributed by atoms with Crippen LogP contribution in [-0.4, -0.2) is 30.1 Å². The quantitative estimate of drug-likeness (QED) is 0.273. The van der Waals surface area contributed by atoms with Crippen molar-refractivity contribution in [1.29, 1.82) is 0 Å². The van der Waals surface area contributed by atoms with Gasteiger partial charge in [-0.05, 0) is 43.2 Å². The molecule has 0 aliphatic heterocycles. The first-order valence-electron chi connectivity index (χ1n) is 11.4. The Morgan fingerprint density at radius 3 is 2.05 bits per heavy atom. The molecule has 3 aromatic rings. The van der Waals surface area contributed by atoms with Crippen molar-refractivity contribution in [1.82, 2.24) is 0 Å². The Morgan fingerprint density at radius 1 is 0.816 bits per heavy atom. The minimum atomic E-state index is -5.81. The molecule has 3 nitrogen and oxygen atoms in total. The van der Waals surface area contributed by atoms with Crippen LogP contribution >= 0.6 is 0 Å². The molecular weight excluding hydrogens is 522 g/mol. The van der Waals surface area contributed by atoms with Gasteiger partial charge < -0.3 is 15.2 Å². The van der Waals surface area contributed by atoms with Gasteiger partial charge >= 0.3 is 18.3 Å². The van der Waals surface area contributed by atoms with Gasteiger partial charge in [0.15, 0.2) is 6.10 Å². The van der Waals surface area contributed by atoms with E-state index in [1.807, 2.05) is 32.0 Å². The molecule has 0 saturated heterocycles. The monoisotopic (exact) mass is 547 g/mol. The molecule has 206 valence electrons. The van der Waals surface area contributed by atoms with E-state index in [4.69, 9.17) is 4.74 Å². The molecule has 38 heavy (non-hydrogen) atoms. The van der Waals surface area contributed by atoms with Gasteiger partial charge in [-0.1, -0.05) is 53.6 Å². The van der Waals surface area contributed by atoms with Crippen LogP contribution in [0.15, 0.2) is 60.7 Å². The van der Waals surface area contributed by atoms with Crippen LogP contribution in [0.25, 0.3) is 0 Å². The fraction of sp³-hybridized carbons (Fsp3) is 0.333. The highest BCUT2D eigenvalue weighted by atomic mass is 19.4. The minimum Gasteiger partial charge on any atom is -0.489 e. The molecule has 0 fully saturated rings. The number of aryl methyl sites for hydroxylation is 2. The van der Waals surface area contributed by atoms with Gasteiger partial charge in [-0.15, -0.1) is 0 Å². The van der Waals surface area contributed by atoms with Crippen molar-refractivity contribution in [2.45, 2.75) is 51.3 Å². The third-order valence-electron chi connectivity index (χ3n) is 5.70. The molecule has 0 aliphatic carbocycles. The summed E-state index contributed by atoms with van der Waals surface area (Å²) in [5.41, 5.74) is 1.85. The summed E-state index contributed by atoms with van der Waals surface area (Å²) in [4.78, 5) is 0. The normalized spacial score (nSPS) is 13.3. The number of rotatable bonds is 9. The molecule has 0 radical (unpaired) electrons. The van der Waals surface area contributed by atoms with E-state index in [1.54, 1.807) is 0 Å². The Balaban J connectivity index is 1.97. The average Bonchev–Trinajstić information content (AvgIpc) is 2.80. The van der Waals surface area contributed by atoms with E-state index in [0.29, 0.717) is 12.1 Å². The number of ether oxygens (including phenoxy) is 1. The number of nitrogens with one attached hydrogen (secondary N) is 1. The molecule has 11 heteroatoms. The number of anilines is 1. The van der Waals surface area contributed by atoms with Crippen LogP contribution in [0.4, 0.5) is 40.8 Å². The van der Waals surface area contributed by atoms with Gasteiger partial charge in [0.25, 0.3) is 0 Å². The summed E-state index contributed by atoms with van der Waals surface area (Å²) >= 11 is 0. The van der Waals surface area contributed by atoms with E-state index in [9.17, 15) is 40.2 Å². The number of hydrogen-bond acceptors (Lipinski definition) is 3. The highest BCUT2D eigenvalue weighted by molar-refractivity contribution is 5.59. The lowest BCUT2D eigenvalue weighted by Crippen LogP contribution is -2.35. The number of halogens is 8. The zero-order valence-corrected chi connectivity index (χ0v) is 20.4. The lowest BCUT2D eigenvalue weighted by Gasteiger charge is -2.22. The van der Waals surface area contributed by atoms with Gasteiger partial charge in [0.05, 0.1) is 0 Å². The zero-order chi connectivity index (χ0) is 28.3. The van der Waals surface area contributed by atoms with Crippen molar-refractivity contribution >= 4 is 5.69 Å². The van der Waals surface area contributed by atoms with Gasteiger partial charge in [0.2, 0.25) is 0 Å². The summed E-state index contributed by atoms with van der Waals surface area (Å²) in [7, 11) is 0. The van der Waals surface area contributed by atoms with Crippen LogP contribution in [0.5, 0.6) is 5.75 Å². The van der Waals surface area contributed by atoms with Crippen molar-refractivity contribution in [2.75, 3.05) is 11.9 Å². The van der Waals surface area contributed by atoms with Crippen molar-refractivity contribution in [3.05, 3.63) is 94.0 Å². The maximum atomic E-state index is 13.9. The van der Waals surface area contributed by atoms with Gasteiger partial charge in [-0.2, -0.15) is 35.1 Å². The standard InChI is InChI=1S/C27H25F8NO2/c1-16-9-17(2)11-19(10-16)15-38-23-8-4-7-22(36-14-24(37)26(30,31)32)21(23)13-18-5-3-6-20(12-18)25(28,29)27(33,34)35/h3-12,24,36-37H,13-15H2,1-2H3. The van der Waals surface area contributed by atoms with E-state index in [0.717, 1.165) is 22.8 Å². The molecule has 3 rings (SSSR count). The number of hydrogen-bond donors (Lipinski definition) is 2. The lowest BCUT2D eigenvalue weighted by atomic mass is 9.98. The highest BCUT2D eigenvalue weighted by Gasteiger charge is 2.58. The molecule has 0 bridgehead atoms. The van der Waals surface area contributed by atoms with E-state index in [1.165, 1.54) is 24.3 Å². The molecule has 3 aromatic carbocycles. The largest absolute Gasteiger partial charge is 0.489 e. The Morgan fingerprint density at radius 2 is 1.45 bits per heavy atom. The van der Waals surface area contributed by atoms with Crippen LogP contribution < -0.4 is 10.1 Å². The van der Waals surface area contributed by atoms with Gasteiger partial charge in [0, 0.05) is 29.8 Å². The second-order valence-corrected chi connectivity index (χ2v) is 8.95. The first kappa shape index (κ1) is 29.2. The van der Waals surface area contributed by atoms with Gasteiger partial charge in [0.1, 0.15) is 12.4 Å². The van der Waals surface area contributed by atoms with Crippen LogP contribution in [0.2, 0.25) is 0 Å². The van der Waals surface area contributed by atoms with Crippen molar-refractivity contribution in [3.8, 4) is 5.75 Å². The summed E-state index contributed by atoms with van der Waals surface area (Å²) in [6, 6.07) is 13.8. The molecule has 2 N–H and O–H groups in total. The molecule has 0 aliphatic rings. The maximum absolute atomic E-state index is 13.9. The van der Waals surface area contributed by atoms with Crippen molar-refractivity contribution in [2.24, 2.45) is 0 Å². The van der Waals surface area contributed by atoms with Crippen LogP contribution in [0.3, 0.4) is 0 Å². The number of aliphatic hydroxyl groups excluding tert-OH is 1. The summed E-state index contributed by atoms with van der Waals surface area (Å²) in [6.07, 6.45) is -13.6. The Labute approximate surface area is 214 Å². The topological polar surface area (TPSA) is 41.5 Å². The first-order chi connectivity index (χ1) is 17.6. The van der Waals surface area contributed by atoms with Crippen LogP contribution in [0.1, 0.15) is 33.4 Å². The van der Waals surface area contributed by atoms with Crippen LogP contribution in [-0.2, 0) is 19.0 Å². The summed E-state index contributed by atoms with van der Waals surface area (Å²) in [5.74, 6) is -4.91. The van der Waals surface area contributed by atoms with Crippen molar-refractivity contribution < 1.29 is 45.0 Å². The number of benzene rings is 3. The van der Waals surface area contributed by atoms with Gasteiger partial charge in [-0.25, -0.2) is 0 Å². The Bertz CT molecular complexity index is 1230. The SMILES string of the molecule is Cc1cc(C)cc(COc2cccc(NCC(O)C(F)(F)F)c2Cc2cccc(C(F)(F)C(F)(F)F)c2)c1. The molecule has 0 heterocycles. The lowest BCUT2D eigenvalue weighted by molar-refractivity contribution is -0.289. The molecule has 1 atom stereocenters. The van der Waals surface area contributed by atoms with E-state index in [2.05, 4.69) is 5.32 Å². The van der Waals surface area contributed by atoms with E-state index in [-0.39, 0.29) is 35.6 Å². The predicted molar refractivity (Wildman–Crippen MR) is 126 cm³/mol. The molecule has 0 saturated carbocycles. The van der Waals surface area contributed by atoms with Crippen LogP contribution in [0, 0.1) is 13.8 Å². The minimum absolute atomic E-state index is 0.0493. The third-order valence-corrected chi connectivity index (χ3v) is 5.70. The number of alkyl halides is 8. The molecular formula is C27H25F8NO2. The van der Waals surface area contributed by atoms with E-state index < -0.39 is 36.5 Å². The number of aliphatic hydroxyl groups is 1. The van der Waals surface area contributed by atoms with Gasteiger partial charge in [-0.3, -0.25) is 0 Å². The Hall–Kier alpha value is -3.34. The smallest absolute Gasteiger partial charge is 0.458 e.